The van der Waals surface area contributed by atoms with E-state index in [1.807, 2.05) is 6.07 Å². The standard InChI is InChI=1S/C11H14N4O3/c1-2-3-4-8-5-6-9(18-8)11-12-13-14-15(11)7-10(16)17/h5-6H,2-4,7H2,1H3,(H,16,17). The molecule has 0 saturated carbocycles. The smallest absolute Gasteiger partial charge is 0.325 e. The molecular weight excluding hydrogens is 236 g/mol. The molecule has 0 spiro atoms. The van der Waals surface area contributed by atoms with E-state index in [1.54, 1.807) is 6.07 Å². The summed E-state index contributed by atoms with van der Waals surface area (Å²) in [5.41, 5.74) is 0. The van der Waals surface area contributed by atoms with Crippen LogP contribution in [0.3, 0.4) is 0 Å². The molecule has 0 aliphatic heterocycles. The summed E-state index contributed by atoms with van der Waals surface area (Å²) in [4.78, 5) is 10.6. The first-order valence-electron chi connectivity index (χ1n) is 5.77. The van der Waals surface area contributed by atoms with E-state index in [-0.39, 0.29) is 6.54 Å². The number of hydrogen-bond donors (Lipinski definition) is 1. The number of aliphatic carboxylic acids is 1. The third-order valence-corrected chi connectivity index (χ3v) is 2.48. The molecule has 0 atom stereocenters. The molecule has 0 bridgehead atoms. The van der Waals surface area contributed by atoms with Gasteiger partial charge >= 0.3 is 5.97 Å². The van der Waals surface area contributed by atoms with Gasteiger partial charge in [-0.3, -0.25) is 4.79 Å². The number of tetrazole rings is 1. The molecular formula is C11H14N4O3. The molecule has 0 fully saturated rings. The van der Waals surface area contributed by atoms with Crippen LogP contribution in [-0.2, 0) is 17.8 Å². The Balaban J connectivity index is 2.18. The van der Waals surface area contributed by atoms with Crippen molar-refractivity contribution in [2.45, 2.75) is 32.7 Å². The minimum atomic E-state index is -0.999. The third-order valence-electron chi connectivity index (χ3n) is 2.48. The van der Waals surface area contributed by atoms with Crippen molar-refractivity contribution in [1.29, 1.82) is 0 Å². The number of aryl methyl sites for hydroxylation is 1. The van der Waals surface area contributed by atoms with Crippen LogP contribution in [0.5, 0.6) is 0 Å². The highest BCUT2D eigenvalue weighted by atomic mass is 16.4. The van der Waals surface area contributed by atoms with E-state index in [1.165, 1.54) is 4.68 Å². The first kappa shape index (κ1) is 12.3. The van der Waals surface area contributed by atoms with E-state index in [0.29, 0.717) is 11.6 Å². The Labute approximate surface area is 103 Å². The second-order valence-electron chi connectivity index (χ2n) is 3.92. The summed E-state index contributed by atoms with van der Waals surface area (Å²) < 4.78 is 6.80. The fourth-order valence-corrected chi connectivity index (χ4v) is 1.60. The van der Waals surface area contributed by atoms with Crippen molar-refractivity contribution in [2.24, 2.45) is 0 Å². The van der Waals surface area contributed by atoms with Crippen LogP contribution in [0.4, 0.5) is 0 Å². The highest BCUT2D eigenvalue weighted by Crippen LogP contribution is 2.20. The summed E-state index contributed by atoms with van der Waals surface area (Å²) in [5, 5.41) is 19.6. The molecule has 0 aliphatic carbocycles. The summed E-state index contributed by atoms with van der Waals surface area (Å²) in [6, 6.07) is 3.62. The van der Waals surface area contributed by atoms with Crippen molar-refractivity contribution in [3.8, 4) is 11.6 Å². The van der Waals surface area contributed by atoms with Crippen LogP contribution in [0.2, 0.25) is 0 Å². The Morgan fingerprint density at radius 1 is 1.50 bits per heavy atom. The molecule has 0 unspecified atom stereocenters. The van der Waals surface area contributed by atoms with Crippen LogP contribution in [0.25, 0.3) is 11.6 Å². The second-order valence-corrected chi connectivity index (χ2v) is 3.92. The molecule has 2 aromatic heterocycles. The number of hydrogen-bond acceptors (Lipinski definition) is 5. The second kappa shape index (κ2) is 5.44. The van der Waals surface area contributed by atoms with Crippen molar-refractivity contribution in [3.63, 3.8) is 0 Å². The van der Waals surface area contributed by atoms with Crippen molar-refractivity contribution < 1.29 is 14.3 Å². The number of rotatable bonds is 6. The molecule has 2 heterocycles. The van der Waals surface area contributed by atoms with Crippen LogP contribution in [0.15, 0.2) is 16.5 Å². The van der Waals surface area contributed by atoms with E-state index in [9.17, 15) is 4.79 Å². The number of unbranched alkanes of at least 4 members (excludes halogenated alkanes) is 1. The molecule has 0 amide bonds. The maximum Gasteiger partial charge on any atom is 0.325 e. The number of nitrogens with zero attached hydrogens (tertiary/aromatic N) is 4. The average molecular weight is 250 g/mol. The van der Waals surface area contributed by atoms with Crippen molar-refractivity contribution in [3.05, 3.63) is 17.9 Å². The molecule has 2 rings (SSSR count). The SMILES string of the molecule is CCCCc1ccc(-c2nnnn2CC(=O)O)o1. The van der Waals surface area contributed by atoms with Gasteiger partial charge in [-0.15, -0.1) is 5.10 Å². The lowest BCUT2D eigenvalue weighted by atomic mass is 10.2. The fraction of sp³-hybridized carbons (Fsp3) is 0.455. The molecule has 0 saturated heterocycles. The van der Waals surface area contributed by atoms with Gasteiger partial charge in [0.25, 0.3) is 0 Å². The van der Waals surface area contributed by atoms with Crippen molar-refractivity contribution in [1.82, 2.24) is 20.2 Å². The summed E-state index contributed by atoms with van der Waals surface area (Å²) >= 11 is 0. The van der Waals surface area contributed by atoms with Crippen LogP contribution < -0.4 is 0 Å². The Kier molecular flexibility index (Phi) is 3.71. The molecule has 0 aliphatic rings. The minimum Gasteiger partial charge on any atom is -0.480 e. The number of aromatic nitrogens is 4. The van der Waals surface area contributed by atoms with Gasteiger partial charge < -0.3 is 9.52 Å². The van der Waals surface area contributed by atoms with Crippen molar-refractivity contribution >= 4 is 5.97 Å². The van der Waals surface area contributed by atoms with Gasteiger partial charge in [-0.05, 0) is 29.0 Å². The highest BCUT2D eigenvalue weighted by molar-refractivity contribution is 5.67. The molecule has 0 radical (unpaired) electrons. The van der Waals surface area contributed by atoms with Gasteiger partial charge in [0.1, 0.15) is 12.3 Å². The predicted molar refractivity (Wildman–Crippen MR) is 61.8 cm³/mol. The monoisotopic (exact) mass is 250 g/mol. The number of furan rings is 1. The largest absolute Gasteiger partial charge is 0.480 e. The topological polar surface area (TPSA) is 94.0 Å². The Bertz CT molecular complexity index is 532. The fourth-order valence-electron chi connectivity index (χ4n) is 1.60. The highest BCUT2D eigenvalue weighted by Gasteiger charge is 2.14. The first-order chi connectivity index (χ1) is 8.70. The third kappa shape index (κ3) is 2.73. The average Bonchev–Trinajstić information content (AvgIpc) is 2.93. The summed E-state index contributed by atoms with van der Waals surface area (Å²) in [7, 11) is 0. The predicted octanol–water partition coefficient (Wildman–Crippen LogP) is 1.36. The molecule has 7 nitrogen and oxygen atoms in total. The zero-order valence-corrected chi connectivity index (χ0v) is 10.0. The van der Waals surface area contributed by atoms with E-state index in [4.69, 9.17) is 9.52 Å². The van der Waals surface area contributed by atoms with E-state index < -0.39 is 5.97 Å². The van der Waals surface area contributed by atoms with Crippen LogP contribution >= 0.6 is 0 Å². The zero-order chi connectivity index (χ0) is 13.0. The number of carboxylic acids is 1. The van der Waals surface area contributed by atoms with Crippen LogP contribution in [0.1, 0.15) is 25.5 Å². The van der Waals surface area contributed by atoms with Gasteiger partial charge in [0.05, 0.1) is 0 Å². The molecule has 7 heteroatoms. The summed E-state index contributed by atoms with van der Waals surface area (Å²) in [5.74, 6) is 0.686. The van der Waals surface area contributed by atoms with E-state index in [2.05, 4.69) is 22.4 Å². The Morgan fingerprint density at radius 3 is 3.06 bits per heavy atom. The molecule has 18 heavy (non-hydrogen) atoms. The van der Waals surface area contributed by atoms with Crippen LogP contribution in [-0.4, -0.2) is 31.3 Å². The van der Waals surface area contributed by atoms with E-state index >= 15 is 0 Å². The lowest BCUT2D eigenvalue weighted by Gasteiger charge is -1.98. The summed E-state index contributed by atoms with van der Waals surface area (Å²) in [6.45, 7) is 1.82. The van der Waals surface area contributed by atoms with Gasteiger partial charge in [0, 0.05) is 6.42 Å². The lowest BCUT2D eigenvalue weighted by Crippen LogP contribution is -2.11. The minimum absolute atomic E-state index is 0.284. The lowest BCUT2D eigenvalue weighted by molar-refractivity contribution is -0.137. The zero-order valence-electron chi connectivity index (χ0n) is 10.0. The normalized spacial score (nSPS) is 10.7. The molecule has 0 aromatic carbocycles. The first-order valence-corrected chi connectivity index (χ1v) is 5.77. The molecule has 2 aromatic rings. The maximum atomic E-state index is 10.6. The van der Waals surface area contributed by atoms with Gasteiger partial charge in [-0.1, -0.05) is 13.3 Å². The maximum absolute atomic E-state index is 10.6. The Hall–Kier alpha value is -2.18. The summed E-state index contributed by atoms with van der Waals surface area (Å²) in [6.07, 6.45) is 3.00. The van der Waals surface area contributed by atoms with Crippen LogP contribution in [0, 0.1) is 0 Å². The molecule has 96 valence electrons. The van der Waals surface area contributed by atoms with Gasteiger partial charge in [-0.2, -0.15) is 0 Å². The number of carbonyl (C=O) groups is 1. The van der Waals surface area contributed by atoms with Gasteiger partial charge in [0.15, 0.2) is 5.76 Å². The van der Waals surface area contributed by atoms with Crippen molar-refractivity contribution in [2.75, 3.05) is 0 Å². The molecule has 1 N–H and O–H groups in total. The van der Waals surface area contributed by atoms with Gasteiger partial charge in [0.2, 0.25) is 5.82 Å². The number of carboxylic acid groups (broad SMARTS) is 1. The van der Waals surface area contributed by atoms with E-state index in [0.717, 1.165) is 25.0 Å². The van der Waals surface area contributed by atoms with Gasteiger partial charge in [-0.25, -0.2) is 4.68 Å². The Morgan fingerprint density at radius 2 is 2.33 bits per heavy atom. The quantitative estimate of drug-likeness (QED) is 0.831.